The van der Waals surface area contributed by atoms with Crippen LogP contribution in [0.4, 0.5) is 0 Å². The van der Waals surface area contributed by atoms with Crippen LogP contribution in [0.1, 0.15) is 61.7 Å². The average molecular weight is 283 g/mol. The summed E-state index contributed by atoms with van der Waals surface area (Å²) in [5.74, 6) is 2.79. The van der Waals surface area contributed by atoms with Crippen molar-refractivity contribution in [2.75, 3.05) is 0 Å². The number of hydrogen-bond donors (Lipinski definition) is 1. The van der Waals surface area contributed by atoms with Crippen LogP contribution in [-0.2, 0) is 0 Å². The summed E-state index contributed by atoms with van der Waals surface area (Å²) in [6.45, 7) is 4.20. The number of nitrogens with one attached hydrogen (secondary N) is 1. The van der Waals surface area contributed by atoms with Gasteiger partial charge in [0.15, 0.2) is 0 Å². The van der Waals surface area contributed by atoms with Gasteiger partial charge in [-0.05, 0) is 63.1 Å². The number of rotatable bonds is 4. The molecule has 1 aliphatic rings. The van der Waals surface area contributed by atoms with E-state index in [9.17, 15) is 0 Å². The van der Waals surface area contributed by atoms with Crippen molar-refractivity contribution in [2.24, 2.45) is 0 Å². The second-order valence-electron chi connectivity index (χ2n) is 6.30. The van der Waals surface area contributed by atoms with Crippen LogP contribution in [0.3, 0.4) is 0 Å². The van der Waals surface area contributed by atoms with E-state index >= 15 is 0 Å². The van der Waals surface area contributed by atoms with E-state index in [1.807, 2.05) is 13.0 Å². The molecule has 21 heavy (non-hydrogen) atoms. The Bertz CT molecular complexity index is 552. The molecule has 0 spiro atoms. The van der Waals surface area contributed by atoms with Crippen molar-refractivity contribution >= 4 is 0 Å². The van der Waals surface area contributed by atoms with Crippen LogP contribution in [0, 0.1) is 6.92 Å². The summed E-state index contributed by atoms with van der Waals surface area (Å²) in [7, 11) is 0. The van der Waals surface area contributed by atoms with E-state index in [0.29, 0.717) is 12.1 Å². The van der Waals surface area contributed by atoms with E-state index in [0.717, 1.165) is 17.4 Å². The molecular weight excluding hydrogens is 258 g/mol. The Hall–Kier alpha value is -1.54. The zero-order valence-electron chi connectivity index (χ0n) is 13.0. The summed E-state index contributed by atoms with van der Waals surface area (Å²) < 4.78 is 5.71. The number of furan rings is 1. The molecule has 1 aliphatic carbocycles. The van der Waals surface area contributed by atoms with E-state index < -0.39 is 0 Å². The summed E-state index contributed by atoms with van der Waals surface area (Å²) in [4.78, 5) is 0. The predicted molar refractivity (Wildman–Crippen MR) is 86.4 cm³/mol. The fourth-order valence-electron chi connectivity index (χ4n) is 3.44. The van der Waals surface area contributed by atoms with E-state index in [1.54, 1.807) is 0 Å². The van der Waals surface area contributed by atoms with Crippen molar-refractivity contribution in [3.05, 3.63) is 59.5 Å². The van der Waals surface area contributed by atoms with E-state index in [1.165, 1.54) is 31.2 Å². The molecule has 0 amide bonds. The summed E-state index contributed by atoms with van der Waals surface area (Å²) >= 11 is 0. The molecule has 1 unspecified atom stereocenters. The molecule has 1 N–H and O–H groups in total. The van der Waals surface area contributed by atoms with Gasteiger partial charge in [-0.15, -0.1) is 0 Å². The highest BCUT2D eigenvalue weighted by atomic mass is 16.3. The minimum absolute atomic E-state index is 0.303. The molecule has 1 saturated carbocycles. The third kappa shape index (κ3) is 3.56. The van der Waals surface area contributed by atoms with Crippen LogP contribution in [-0.4, -0.2) is 6.04 Å². The summed E-state index contributed by atoms with van der Waals surface area (Å²) in [5.41, 5.74) is 1.51. The van der Waals surface area contributed by atoms with E-state index in [4.69, 9.17) is 4.42 Å². The molecule has 0 saturated heterocycles. The minimum Gasteiger partial charge on any atom is -0.465 e. The third-order valence-corrected chi connectivity index (χ3v) is 4.67. The molecule has 1 atom stereocenters. The third-order valence-electron chi connectivity index (χ3n) is 4.67. The molecule has 1 aromatic heterocycles. The maximum atomic E-state index is 5.71. The van der Waals surface area contributed by atoms with Crippen LogP contribution in [0.2, 0.25) is 0 Å². The number of hydrogen-bond acceptors (Lipinski definition) is 2. The van der Waals surface area contributed by atoms with Crippen molar-refractivity contribution < 1.29 is 4.42 Å². The fraction of sp³-hybridized carbons (Fsp3) is 0.474. The van der Waals surface area contributed by atoms with Gasteiger partial charge in [-0.25, -0.2) is 0 Å². The lowest BCUT2D eigenvalue weighted by molar-refractivity contribution is 0.303. The molecule has 112 valence electrons. The minimum atomic E-state index is 0.303. The molecule has 1 heterocycles. The van der Waals surface area contributed by atoms with Crippen LogP contribution in [0.15, 0.2) is 46.9 Å². The normalized spacial score (nSPS) is 23.9. The zero-order chi connectivity index (χ0) is 14.7. The van der Waals surface area contributed by atoms with Gasteiger partial charge in [0.1, 0.15) is 11.5 Å². The van der Waals surface area contributed by atoms with Gasteiger partial charge in [0.25, 0.3) is 0 Å². The molecule has 2 aromatic rings. The molecule has 0 aliphatic heterocycles. The zero-order valence-corrected chi connectivity index (χ0v) is 13.0. The van der Waals surface area contributed by atoms with Crippen molar-refractivity contribution in [3.8, 4) is 0 Å². The molecular formula is C19H25NO. The van der Waals surface area contributed by atoms with Crippen LogP contribution >= 0.6 is 0 Å². The lowest BCUT2D eigenvalue weighted by Crippen LogP contribution is -2.34. The Kier molecular flexibility index (Phi) is 4.45. The Balaban J connectivity index is 1.52. The van der Waals surface area contributed by atoms with Crippen LogP contribution in [0.5, 0.6) is 0 Å². The fourth-order valence-corrected chi connectivity index (χ4v) is 3.44. The Morgan fingerprint density at radius 2 is 1.71 bits per heavy atom. The number of aryl methyl sites for hydroxylation is 1. The molecule has 0 bridgehead atoms. The van der Waals surface area contributed by atoms with Gasteiger partial charge in [-0.2, -0.15) is 0 Å². The van der Waals surface area contributed by atoms with E-state index in [-0.39, 0.29) is 0 Å². The maximum absolute atomic E-state index is 5.71. The highest BCUT2D eigenvalue weighted by Crippen LogP contribution is 2.33. The van der Waals surface area contributed by atoms with Crippen LogP contribution in [0.25, 0.3) is 0 Å². The highest BCUT2D eigenvalue weighted by molar-refractivity contribution is 5.20. The predicted octanol–water partition coefficient (Wildman–Crippen LogP) is 4.97. The summed E-state index contributed by atoms with van der Waals surface area (Å²) in [5, 5.41) is 3.73. The van der Waals surface area contributed by atoms with Crippen molar-refractivity contribution in [2.45, 2.75) is 57.5 Å². The van der Waals surface area contributed by atoms with Gasteiger partial charge >= 0.3 is 0 Å². The molecule has 3 rings (SSSR count). The topological polar surface area (TPSA) is 25.2 Å². The van der Waals surface area contributed by atoms with Gasteiger partial charge in [-0.3, -0.25) is 0 Å². The molecule has 1 fully saturated rings. The quantitative estimate of drug-likeness (QED) is 0.857. The largest absolute Gasteiger partial charge is 0.465 e. The monoisotopic (exact) mass is 283 g/mol. The molecule has 0 radical (unpaired) electrons. The van der Waals surface area contributed by atoms with Crippen molar-refractivity contribution in [1.82, 2.24) is 5.32 Å². The Morgan fingerprint density at radius 3 is 2.33 bits per heavy atom. The van der Waals surface area contributed by atoms with Gasteiger partial charge in [0.2, 0.25) is 0 Å². The molecule has 2 nitrogen and oxygen atoms in total. The lowest BCUT2D eigenvalue weighted by atomic mass is 9.81. The van der Waals surface area contributed by atoms with Crippen molar-refractivity contribution in [1.29, 1.82) is 0 Å². The van der Waals surface area contributed by atoms with Gasteiger partial charge in [0, 0.05) is 6.04 Å². The smallest absolute Gasteiger partial charge is 0.120 e. The lowest BCUT2D eigenvalue weighted by Gasteiger charge is -2.31. The first-order chi connectivity index (χ1) is 10.2. The van der Waals surface area contributed by atoms with Gasteiger partial charge in [0.05, 0.1) is 6.04 Å². The Labute approximate surface area is 127 Å². The van der Waals surface area contributed by atoms with Gasteiger partial charge < -0.3 is 9.73 Å². The van der Waals surface area contributed by atoms with Crippen molar-refractivity contribution in [3.63, 3.8) is 0 Å². The first-order valence-corrected chi connectivity index (χ1v) is 8.09. The molecule has 1 aromatic carbocycles. The summed E-state index contributed by atoms with van der Waals surface area (Å²) in [6.07, 6.45) is 5.07. The second kappa shape index (κ2) is 6.48. The second-order valence-corrected chi connectivity index (χ2v) is 6.30. The molecule has 2 heteroatoms. The maximum Gasteiger partial charge on any atom is 0.120 e. The first-order valence-electron chi connectivity index (χ1n) is 8.09. The standard InChI is InChI=1S/C19H25NO/c1-14-8-13-19(21-14)15(2)20-18-11-9-17(10-12-18)16-6-4-3-5-7-16/h3-8,13,15,17-18,20H,9-12H2,1-2H3. The Morgan fingerprint density at radius 1 is 1.00 bits per heavy atom. The highest BCUT2D eigenvalue weighted by Gasteiger charge is 2.24. The van der Waals surface area contributed by atoms with Gasteiger partial charge in [-0.1, -0.05) is 30.3 Å². The van der Waals surface area contributed by atoms with E-state index in [2.05, 4.69) is 48.6 Å². The number of benzene rings is 1. The summed E-state index contributed by atoms with van der Waals surface area (Å²) in [6, 6.07) is 16.0. The average Bonchev–Trinajstić information content (AvgIpc) is 2.96. The first kappa shape index (κ1) is 14.4. The van der Waals surface area contributed by atoms with Crippen LogP contribution < -0.4 is 5.32 Å². The SMILES string of the molecule is Cc1ccc(C(C)NC2CCC(c3ccccc3)CC2)o1.